The summed E-state index contributed by atoms with van der Waals surface area (Å²) in [4.78, 5) is 37.8. The summed E-state index contributed by atoms with van der Waals surface area (Å²) < 4.78 is 5.33. The summed E-state index contributed by atoms with van der Waals surface area (Å²) in [5, 5.41) is 5.35. The molecule has 0 saturated heterocycles. The quantitative estimate of drug-likeness (QED) is 0.257. The third-order valence-electron chi connectivity index (χ3n) is 6.28. The van der Waals surface area contributed by atoms with Gasteiger partial charge in [0.15, 0.2) is 0 Å². The van der Waals surface area contributed by atoms with Crippen LogP contribution in [0.15, 0.2) is 78.9 Å². The smallest absolute Gasteiger partial charge is 0.408 e. The molecular weight excluding hydrogens is 480 g/mol. The number of ether oxygens (including phenoxy) is 1. The van der Waals surface area contributed by atoms with Gasteiger partial charge in [-0.05, 0) is 60.5 Å². The second kappa shape index (κ2) is 14.5. The van der Waals surface area contributed by atoms with Crippen LogP contribution in [0.4, 0.5) is 4.79 Å². The molecule has 6 N–H and O–H groups in total. The van der Waals surface area contributed by atoms with Crippen molar-refractivity contribution in [1.29, 1.82) is 0 Å². The summed E-state index contributed by atoms with van der Waals surface area (Å²) >= 11 is 0. The van der Waals surface area contributed by atoms with E-state index in [2.05, 4.69) is 29.7 Å². The van der Waals surface area contributed by atoms with Crippen molar-refractivity contribution in [2.75, 3.05) is 6.54 Å². The fraction of sp³-hybridized carbons (Fsp3) is 0.300. The van der Waals surface area contributed by atoms with Gasteiger partial charge in [0, 0.05) is 6.42 Å². The highest BCUT2D eigenvalue weighted by Gasteiger charge is 2.26. The lowest BCUT2D eigenvalue weighted by Gasteiger charge is -2.22. The maximum Gasteiger partial charge on any atom is 0.408 e. The lowest BCUT2D eigenvalue weighted by atomic mass is 9.97. The van der Waals surface area contributed by atoms with Gasteiger partial charge >= 0.3 is 6.09 Å². The van der Waals surface area contributed by atoms with Gasteiger partial charge in [-0.3, -0.25) is 9.59 Å². The standard InChI is InChI=1S/C30H36N4O4/c1-21-9-5-6-12-25(21)24-16-14-22(15-17-24)19-27(29(36)33-26(28(32)35)13-7-8-18-31)34-30(37)38-20-23-10-3-2-4-11-23/h2-6,9-12,14-17,26-27H,7-8,13,18-20,31H2,1H3,(H2,32,35)(H,33,36)(H,34,37)/t26-,27-/m0/s1. The minimum atomic E-state index is -0.973. The van der Waals surface area contributed by atoms with Gasteiger partial charge in [0.25, 0.3) is 0 Å². The number of alkyl carbamates (subject to hydrolysis) is 1. The number of rotatable bonds is 13. The molecule has 200 valence electrons. The van der Waals surface area contributed by atoms with Crippen molar-refractivity contribution < 1.29 is 19.1 Å². The van der Waals surface area contributed by atoms with Crippen molar-refractivity contribution in [3.8, 4) is 11.1 Å². The average Bonchev–Trinajstić information content (AvgIpc) is 2.92. The van der Waals surface area contributed by atoms with Crippen molar-refractivity contribution in [1.82, 2.24) is 10.6 Å². The first-order valence-electron chi connectivity index (χ1n) is 12.8. The number of nitrogens with one attached hydrogen (secondary N) is 2. The van der Waals surface area contributed by atoms with Crippen molar-refractivity contribution in [3.63, 3.8) is 0 Å². The molecule has 3 aromatic carbocycles. The first-order valence-corrected chi connectivity index (χ1v) is 12.8. The number of primary amides is 1. The summed E-state index contributed by atoms with van der Waals surface area (Å²) in [5.41, 5.74) is 16.1. The number of hydrogen-bond acceptors (Lipinski definition) is 5. The van der Waals surface area contributed by atoms with Gasteiger partial charge in [0.2, 0.25) is 11.8 Å². The number of amides is 3. The summed E-state index contributed by atoms with van der Waals surface area (Å²) in [7, 11) is 0. The van der Waals surface area contributed by atoms with Crippen LogP contribution in [0.25, 0.3) is 11.1 Å². The van der Waals surface area contributed by atoms with Crippen LogP contribution in [0.2, 0.25) is 0 Å². The van der Waals surface area contributed by atoms with Crippen molar-refractivity contribution in [2.24, 2.45) is 11.5 Å². The molecule has 0 saturated carbocycles. The first kappa shape index (κ1) is 28.4. The highest BCUT2D eigenvalue weighted by atomic mass is 16.5. The number of aryl methyl sites for hydroxylation is 1. The molecule has 0 unspecified atom stereocenters. The predicted molar refractivity (Wildman–Crippen MR) is 148 cm³/mol. The minimum Gasteiger partial charge on any atom is -0.445 e. The third-order valence-corrected chi connectivity index (χ3v) is 6.28. The van der Waals surface area contributed by atoms with E-state index >= 15 is 0 Å². The number of nitrogens with two attached hydrogens (primary N) is 2. The molecule has 3 aromatic rings. The Morgan fingerprint density at radius 1 is 0.816 bits per heavy atom. The van der Waals surface area contributed by atoms with Gasteiger partial charge in [0.1, 0.15) is 18.7 Å². The molecular formula is C30H36N4O4. The molecule has 0 heterocycles. The van der Waals surface area contributed by atoms with E-state index in [4.69, 9.17) is 16.2 Å². The first-order chi connectivity index (χ1) is 18.4. The van der Waals surface area contributed by atoms with Crippen LogP contribution >= 0.6 is 0 Å². The number of hydrogen-bond donors (Lipinski definition) is 4. The molecule has 8 nitrogen and oxygen atoms in total. The largest absolute Gasteiger partial charge is 0.445 e. The van der Waals surface area contributed by atoms with Crippen LogP contribution in [-0.2, 0) is 27.4 Å². The zero-order valence-electron chi connectivity index (χ0n) is 21.7. The summed E-state index contributed by atoms with van der Waals surface area (Å²) in [6.07, 6.45) is 1.19. The Labute approximate surface area is 223 Å². The summed E-state index contributed by atoms with van der Waals surface area (Å²) in [5.74, 6) is -1.15. The molecule has 3 amide bonds. The Morgan fingerprint density at radius 2 is 1.50 bits per heavy atom. The fourth-order valence-electron chi connectivity index (χ4n) is 4.12. The highest BCUT2D eigenvalue weighted by molar-refractivity contribution is 5.91. The molecule has 0 fully saturated rings. The molecule has 38 heavy (non-hydrogen) atoms. The van der Waals surface area contributed by atoms with E-state index in [0.717, 1.165) is 27.8 Å². The van der Waals surface area contributed by atoms with Gasteiger partial charge in [-0.15, -0.1) is 0 Å². The van der Waals surface area contributed by atoms with Gasteiger partial charge in [-0.1, -0.05) is 78.9 Å². The second-order valence-corrected chi connectivity index (χ2v) is 9.22. The predicted octanol–water partition coefficient (Wildman–Crippen LogP) is 3.60. The van der Waals surface area contributed by atoms with Gasteiger partial charge in [-0.25, -0.2) is 4.79 Å². The van der Waals surface area contributed by atoms with Crippen LogP contribution in [0, 0.1) is 6.92 Å². The Balaban J connectivity index is 1.73. The molecule has 3 rings (SSSR count). The number of carbonyl (C=O) groups excluding carboxylic acids is 3. The lowest BCUT2D eigenvalue weighted by molar-refractivity contribution is -0.128. The molecule has 0 bridgehead atoms. The van der Waals surface area contributed by atoms with E-state index in [-0.39, 0.29) is 13.0 Å². The topological polar surface area (TPSA) is 137 Å². The van der Waals surface area contributed by atoms with E-state index in [9.17, 15) is 14.4 Å². The molecule has 0 spiro atoms. The van der Waals surface area contributed by atoms with Gasteiger partial charge < -0.3 is 26.8 Å². The van der Waals surface area contributed by atoms with E-state index < -0.39 is 30.0 Å². The zero-order valence-corrected chi connectivity index (χ0v) is 21.7. The fourth-order valence-corrected chi connectivity index (χ4v) is 4.12. The molecule has 0 radical (unpaired) electrons. The molecule has 8 heteroatoms. The monoisotopic (exact) mass is 516 g/mol. The second-order valence-electron chi connectivity index (χ2n) is 9.22. The SMILES string of the molecule is Cc1ccccc1-c1ccc(C[C@H](NC(=O)OCc2ccccc2)C(=O)N[C@@H](CCCCN)C(N)=O)cc1. The van der Waals surface area contributed by atoms with E-state index in [1.807, 2.05) is 66.7 Å². The number of carbonyl (C=O) groups is 3. The Hall–Kier alpha value is -4.17. The summed E-state index contributed by atoms with van der Waals surface area (Å²) in [6, 6.07) is 23.3. The average molecular weight is 517 g/mol. The van der Waals surface area contributed by atoms with Crippen LogP contribution in [0.3, 0.4) is 0 Å². The Kier molecular flexibility index (Phi) is 10.9. The van der Waals surface area contributed by atoms with Crippen LogP contribution < -0.4 is 22.1 Å². The minimum absolute atomic E-state index is 0.0646. The maximum absolute atomic E-state index is 13.2. The van der Waals surface area contributed by atoms with Crippen molar-refractivity contribution in [2.45, 2.75) is 51.3 Å². The van der Waals surface area contributed by atoms with Gasteiger partial charge in [0.05, 0.1) is 0 Å². The Bertz CT molecular complexity index is 1200. The summed E-state index contributed by atoms with van der Waals surface area (Å²) in [6.45, 7) is 2.60. The maximum atomic E-state index is 13.2. The molecule has 0 aromatic heterocycles. The van der Waals surface area contributed by atoms with Gasteiger partial charge in [-0.2, -0.15) is 0 Å². The lowest BCUT2D eigenvalue weighted by Crippen LogP contribution is -2.53. The van der Waals surface area contributed by atoms with Crippen LogP contribution in [-0.4, -0.2) is 36.5 Å². The highest BCUT2D eigenvalue weighted by Crippen LogP contribution is 2.23. The van der Waals surface area contributed by atoms with E-state index in [0.29, 0.717) is 25.8 Å². The van der Waals surface area contributed by atoms with Crippen molar-refractivity contribution in [3.05, 3.63) is 95.6 Å². The van der Waals surface area contributed by atoms with Crippen LogP contribution in [0.1, 0.15) is 36.0 Å². The van der Waals surface area contributed by atoms with Crippen LogP contribution in [0.5, 0.6) is 0 Å². The third kappa shape index (κ3) is 8.74. The molecule has 0 aliphatic heterocycles. The molecule has 2 atom stereocenters. The number of benzene rings is 3. The zero-order chi connectivity index (χ0) is 27.3. The Morgan fingerprint density at radius 3 is 2.16 bits per heavy atom. The van der Waals surface area contributed by atoms with E-state index in [1.54, 1.807) is 0 Å². The van der Waals surface area contributed by atoms with Crippen molar-refractivity contribution >= 4 is 17.9 Å². The normalized spacial score (nSPS) is 12.3. The number of unbranched alkanes of at least 4 members (excludes halogenated alkanes) is 1. The molecule has 0 aliphatic carbocycles. The van der Waals surface area contributed by atoms with E-state index in [1.165, 1.54) is 0 Å². The molecule has 0 aliphatic rings.